The molecule has 0 bridgehead atoms. The van der Waals surface area contributed by atoms with E-state index in [1.165, 1.54) is 19.3 Å². The van der Waals surface area contributed by atoms with Crippen molar-refractivity contribution in [1.29, 1.82) is 0 Å². The van der Waals surface area contributed by atoms with Gasteiger partial charge in [0.2, 0.25) is 0 Å². The Morgan fingerprint density at radius 2 is 1.91 bits per heavy atom. The molecule has 0 aromatic carbocycles. The summed E-state index contributed by atoms with van der Waals surface area (Å²) in [5.41, 5.74) is 6.19. The highest BCUT2D eigenvalue weighted by Gasteiger charge is 2.34. The first-order valence-electron chi connectivity index (χ1n) is 4.76. The fourth-order valence-electron chi connectivity index (χ4n) is 2.46. The van der Waals surface area contributed by atoms with Crippen molar-refractivity contribution in [2.24, 2.45) is 23.0 Å². The molecule has 0 radical (unpaired) electrons. The van der Waals surface area contributed by atoms with Crippen molar-refractivity contribution in [2.75, 3.05) is 6.54 Å². The lowest BCUT2D eigenvalue weighted by Gasteiger charge is -2.31. The molecule has 1 rings (SSSR count). The topological polar surface area (TPSA) is 26.0 Å². The molecule has 0 aromatic rings. The van der Waals surface area contributed by atoms with Crippen LogP contribution in [-0.2, 0) is 0 Å². The van der Waals surface area contributed by atoms with Crippen molar-refractivity contribution in [3.63, 3.8) is 0 Å². The second kappa shape index (κ2) is 3.14. The third-order valence-corrected chi connectivity index (χ3v) is 3.07. The first kappa shape index (κ1) is 9.05. The summed E-state index contributed by atoms with van der Waals surface area (Å²) in [4.78, 5) is 0. The van der Waals surface area contributed by atoms with Crippen LogP contribution in [0.25, 0.3) is 0 Å². The third kappa shape index (κ3) is 1.96. The molecule has 1 fully saturated rings. The van der Waals surface area contributed by atoms with Crippen LogP contribution < -0.4 is 5.73 Å². The summed E-state index contributed by atoms with van der Waals surface area (Å²) < 4.78 is 0. The van der Waals surface area contributed by atoms with Gasteiger partial charge in [0.05, 0.1) is 0 Å². The van der Waals surface area contributed by atoms with Crippen LogP contribution in [0, 0.1) is 17.3 Å². The normalized spacial score (nSPS) is 32.7. The Balaban J connectivity index is 2.57. The second-order valence-electron chi connectivity index (χ2n) is 4.90. The van der Waals surface area contributed by atoms with Gasteiger partial charge in [-0.15, -0.1) is 0 Å². The van der Waals surface area contributed by atoms with Crippen LogP contribution >= 0.6 is 0 Å². The molecular weight excluding hydrogens is 134 g/mol. The summed E-state index contributed by atoms with van der Waals surface area (Å²) in [7, 11) is 0. The van der Waals surface area contributed by atoms with Crippen molar-refractivity contribution in [3.8, 4) is 0 Å². The Kier molecular flexibility index (Phi) is 2.58. The van der Waals surface area contributed by atoms with E-state index in [0.717, 1.165) is 18.4 Å². The van der Waals surface area contributed by atoms with Gasteiger partial charge in [-0.3, -0.25) is 0 Å². The van der Waals surface area contributed by atoms with Gasteiger partial charge in [-0.2, -0.15) is 0 Å². The van der Waals surface area contributed by atoms with E-state index >= 15 is 0 Å². The lowest BCUT2D eigenvalue weighted by molar-refractivity contribution is 0.189. The predicted molar refractivity (Wildman–Crippen MR) is 49.3 cm³/mol. The van der Waals surface area contributed by atoms with E-state index in [1.54, 1.807) is 0 Å². The van der Waals surface area contributed by atoms with Crippen LogP contribution in [0.15, 0.2) is 0 Å². The second-order valence-corrected chi connectivity index (χ2v) is 4.90. The monoisotopic (exact) mass is 155 g/mol. The first-order valence-corrected chi connectivity index (χ1v) is 4.76. The van der Waals surface area contributed by atoms with Gasteiger partial charge in [0.15, 0.2) is 0 Å². The Bertz CT molecular complexity index is 123. The van der Waals surface area contributed by atoms with Crippen molar-refractivity contribution in [1.82, 2.24) is 0 Å². The van der Waals surface area contributed by atoms with Crippen molar-refractivity contribution >= 4 is 0 Å². The SMILES string of the molecule is CC(C)(C)[C@H]1CCC[C@@H]1CN. The van der Waals surface area contributed by atoms with Crippen molar-refractivity contribution < 1.29 is 0 Å². The lowest BCUT2D eigenvalue weighted by Crippen LogP contribution is -2.28. The van der Waals surface area contributed by atoms with E-state index in [0.29, 0.717) is 5.41 Å². The highest BCUT2D eigenvalue weighted by molar-refractivity contribution is 4.85. The van der Waals surface area contributed by atoms with E-state index < -0.39 is 0 Å². The minimum atomic E-state index is 0.473. The van der Waals surface area contributed by atoms with E-state index in [4.69, 9.17) is 5.73 Å². The van der Waals surface area contributed by atoms with Gasteiger partial charge in [-0.05, 0) is 36.6 Å². The van der Waals surface area contributed by atoms with E-state index in [1.807, 2.05) is 0 Å². The van der Waals surface area contributed by atoms with E-state index in [2.05, 4.69) is 20.8 Å². The Morgan fingerprint density at radius 3 is 2.27 bits per heavy atom. The Labute approximate surface area is 70.4 Å². The van der Waals surface area contributed by atoms with Gasteiger partial charge >= 0.3 is 0 Å². The van der Waals surface area contributed by atoms with Gasteiger partial charge in [-0.25, -0.2) is 0 Å². The maximum Gasteiger partial charge on any atom is -0.00460 e. The highest BCUT2D eigenvalue weighted by Crippen LogP contribution is 2.42. The standard InChI is InChI=1S/C10H21N/c1-10(2,3)9-6-4-5-8(9)7-11/h8-9H,4-7,11H2,1-3H3/t8-,9+/m1/s1. The van der Waals surface area contributed by atoms with Gasteiger partial charge in [0.25, 0.3) is 0 Å². The van der Waals surface area contributed by atoms with Gasteiger partial charge in [0, 0.05) is 0 Å². The number of nitrogens with two attached hydrogens (primary N) is 1. The summed E-state index contributed by atoms with van der Waals surface area (Å²) >= 11 is 0. The fourth-order valence-corrected chi connectivity index (χ4v) is 2.46. The molecule has 0 spiro atoms. The largest absolute Gasteiger partial charge is 0.330 e. The number of hydrogen-bond acceptors (Lipinski definition) is 1. The minimum Gasteiger partial charge on any atom is -0.330 e. The average molecular weight is 155 g/mol. The fraction of sp³-hybridized carbons (Fsp3) is 1.00. The van der Waals surface area contributed by atoms with Crippen molar-refractivity contribution in [2.45, 2.75) is 40.0 Å². The quantitative estimate of drug-likeness (QED) is 0.618. The van der Waals surface area contributed by atoms with E-state index in [9.17, 15) is 0 Å². The van der Waals surface area contributed by atoms with Gasteiger partial charge < -0.3 is 5.73 Å². The zero-order valence-electron chi connectivity index (χ0n) is 8.06. The highest BCUT2D eigenvalue weighted by atomic mass is 14.6. The lowest BCUT2D eigenvalue weighted by atomic mass is 9.75. The molecule has 1 heteroatoms. The maximum absolute atomic E-state index is 5.72. The summed E-state index contributed by atoms with van der Waals surface area (Å²) in [5.74, 6) is 1.67. The molecule has 0 amide bonds. The molecule has 0 aliphatic heterocycles. The minimum absolute atomic E-state index is 0.473. The molecule has 1 aliphatic carbocycles. The van der Waals surface area contributed by atoms with Crippen LogP contribution in [0.2, 0.25) is 0 Å². The van der Waals surface area contributed by atoms with Crippen LogP contribution in [0.5, 0.6) is 0 Å². The molecular formula is C10H21N. The third-order valence-electron chi connectivity index (χ3n) is 3.07. The molecule has 0 heterocycles. The molecule has 1 saturated carbocycles. The number of rotatable bonds is 1. The summed E-state index contributed by atoms with van der Waals surface area (Å²) in [6, 6.07) is 0. The first-order chi connectivity index (χ1) is 5.05. The predicted octanol–water partition coefficient (Wildman–Crippen LogP) is 2.41. The van der Waals surface area contributed by atoms with Crippen molar-refractivity contribution in [3.05, 3.63) is 0 Å². The zero-order valence-corrected chi connectivity index (χ0v) is 8.06. The van der Waals surface area contributed by atoms with Crippen LogP contribution in [0.3, 0.4) is 0 Å². The average Bonchev–Trinajstić information content (AvgIpc) is 2.31. The molecule has 0 aromatic heterocycles. The maximum atomic E-state index is 5.72. The zero-order chi connectivity index (χ0) is 8.48. The van der Waals surface area contributed by atoms with Gasteiger partial charge in [0.1, 0.15) is 0 Å². The molecule has 2 atom stereocenters. The molecule has 0 unspecified atom stereocenters. The molecule has 1 aliphatic rings. The van der Waals surface area contributed by atoms with Gasteiger partial charge in [-0.1, -0.05) is 27.2 Å². The summed E-state index contributed by atoms with van der Waals surface area (Å²) in [5, 5.41) is 0. The smallest absolute Gasteiger partial charge is 0.00460 e. The molecule has 1 nitrogen and oxygen atoms in total. The molecule has 66 valence electrons. The van der Waals surface area contributed by atoms with Crippen LogP contribution in [-0.4, -0.2) is 6.54 Å². The van der Waals surface area contributed by atoms with Crippen LogP contribution in [0.4, 0.5) is 0 Å². The summed E-state index contributed by atoms with van der Waals surface area (Å²) in [6.07, 6.45) is 4.15. The summed E-state index contributed by atoms with van der Waals surface area (Å²) in [6.45, 7) is 7.91. The molecule has 11 heavy (non-hydrogen) atoms. The number of hydrogen-bond donors (Lipinski definition) is 1. The Hall–Kier alpha value is -0.0400. The Morgan fingerprint density at radius 1 is 1.27 bits per heavy atom. The molecule has 2 N–H and O–H groups in total. The van der Waals surface area contributed by atoms with E-state index in [-0.39, 0.29) is 0 Å². The van der Waals surface area contributed by atoms with Crippen LogP contribution in [0.1, 0.15) is 40.0 Å². The molecule has 0 saturated heterocycles.